The lowest BCUT2D eigenvalue weighted by atomic mass is 10.1. The number of rotatable bonds is 5. The third-order valence-corrected chi connectivity index (χ3v) is 5.28. The van der Waals surface area contributed by atoms with E-state index in [-0.39, 0.29) is 11.7 Å². The van der Waals surface area contributed by atoms with Crippen LogP contribution in [0.1, 0.15) is 22.3 Å². The van der Waals surface area contributed by atoms with Gasteiger partial charge in [-0.1, -0.05) is 12.1 Å². The fraction of sp³-hybridized carbons (Fsp3) is 0.364. The summed E-state index contributed by atoms with van der Waals surface area (Å²) in [4.78, 5) is 16.6. The number of benzene rings is 2. The van der Waals surface area contributed by atoms with Crippen LogP contribution in [0.25, 0.3) is 0 Å². The van der Waals surface area contributed by atoms with Gasteiger partial charge in [0.05, 0.1) is 18.2 Å². The highest BCUT2D eigenvalue weighted by atomic mass is 19.1. The van der Waals surface area contributed by atoms with E-state index in [2.05, 4.69) is 15.1 Å². The van der Waals surface area contributed by atoms with Crippen molar-refractivity contribution in [2.45, 2.75) is 20.4 Å². The number of nitriles is 1. The Morgan fingerprint density at radius 3 is 2.57 bits per heavy atom. The molecule has 0 spiro atoms. The fourth-order valence-electron chi connectivity index (χ4n) is 3.39. The van der Waals surface area contributed by atoms with Crippen molar-refractivity contribution in [1.82, 2.24) is 9.80 Å². The maximum atomic E-state index is 14.0. The highest BCUT2D eigenvalue weighted by molar-refractivity contribution is 5.93. The first-order chi connectivity index (χ1) is 13.5. The van der Waals surface area contributed by atoms with E-state index in [1.165, 1.54) is 12.1 Å². The quantitative estimate of drug-likeness (QED) is 0.866. The van der Waals surface area contributed by atoms with Crippen molar-refractivity contribution < 1.29 is 9.18 Å². The fourth-order valence-corrected chi connectivity index (χ4v) is 3.39. The molecule has 1 fully saturated rings. The molecule has 1 amide bonds. The molecule has 0 aliphatic carbocycles. The smallest absolute Gasteiger partial charge is 0.238 e. The van der Waals surface area contributed by atoms with Crippen molar-refractivity contribution in [1.29, 1.82) is 5.26 Å². The molecule has 0 atom stereocenters. The van der Waals surface area contributed by atoms with Gasteiger partial charge in [0.25, 0.3) is 0 Å². The lowest BCUT2D eigenvalue weighted by Gasteiger charge is -2.34. The Kier molecular flexibility index (Phi) is 6.40. The number of piperazine rings is 1. The number of hydrogen-bond acceptors (Lipinski definition) is 4. The van der Waals surface area contributed by atoms with Crippen LogP contribution in [0.3, 0.4) is 0 Å². The summed E-state index contributed by atoms with van der Waals surface area (Å²) >= 11 is 0. The summed E-state index contributed by atoms with van der Waals surface area (Å²) in [6.45, 7) is 7.87. The average molecular weight is 380 g/mol. The van der Waals surface area contributed by atoms with Gasteiger partial charge in [0.1, 0.15) is 5.82 Å². The Bertz CT molecular complexity index is 898. The highest BCUT2D eigenvalue weighted by Crippen LogP contribution is 2.18. The molecule has 1 aliphatic heterocycles. The first kappa shape index (κ1) is 20.0. The Balaban J connectivity index is 1.50. The van der Waals surface area contributed by atoms with Crippen molar-refractivity contribution in [3.63, 3.8) is 0 Å². The van der Waals surface area contributed by atoms with Crippen LogP contribution < -0.4 is 5.32 Å². The second-order valence-corrected chi connectivity index (χ2v) is 7.27. The van der Waals surface area contributed by atoms with Gasteiger partial charge >= 0.3 is 0 Å². The minimum absolute atomic E-state index is 0.0186. The zero-order valence-electron chi connectivity index (χ0n) is 16.3. The van der Waals surface area contributed by atoms with Crippen LogP contribution in [0.15, 0.2) is 36.4 Å². The zero-order valence-corrected chi connectivity index (χ0v) is 16.3. The predicted molar refractivity (Wildman–Crippen MR) is 107 cm³/mol. The number of nitrogens with zero attached hydrogens (tertiary/aromatic N) is 3. The van der Waals surface area contributed by atoms with Gasteiger partial charge in [-0.15, -0.1) is 0 Å². The number of hydrogen-bond donors (Lipinski definition) is 1. The minimum atomic E-state index is -0.283. The number of anilines is 1. The molecule has 6 heteroatoms. The maximum absolute atomic E-state index is 14.0. The van der Waals surface area contributed by atoms with E-state index in [0.717, 1.165) is 43.0 Å². The minimum Gasteiger partial charge on any atom is -0.325 e. The van der Waals surface area contributed by atoms with E-state index < -0.39 is 0 Å². The molecule has 5 nitrogen and oxygen atoms in total. The number of halogens is 1. The summed E-state index contributed by atoms with van der Waals surface area (Å²) in [5.74, 6) is -0.302. The first-order valence-electron chi connectivity index (χ1n) is 9.45. The van der Waals surface area contributed by atoms with Crippen molar-refractivity contribution >= 4 is 11.6 Å². The first-order valence-corrected chi connectivity index (χ1v) is 9.45. The third-order valence-electron chi connectivity index (χ3n) is 5.28. The van der Waals surface area contributed by atoms with Gasteiger partial charge in [0.15, 0.2) is 0 Å². The monoisotopic (exact) mass is 380 g/mol. The molecule has 2 aromatic carbocycles. The molecule has 1 saturated heterocycles. The van der Waals surface area contributed by atoms with Gasteiger partial charge < -0.3 is 5.32 Å². The van der Waals surface area contributed by atoms with Crippen LogP contribution in [0.2, 0.25) is 0 Å². The molecule has 0 aromatic heterocycles. The van der Waals surface area contributed by atoms with E-state index in [1.54, 1.807) is 6.07 Å². The largest absolute Gasteiger partial charge is 0.325 e. The van der Waals surface area contributed by atoms with Crippen LogP contribution in [0, 0.1) is 31.0 Å². The van der Waals surface area contributed by atoms with Gasteiger partial charge in [-0.25, -0.2) is 4.39 Å². The molecule has 0 radical (unpaired) electrons. The van der Waals surface area contributed by atoms with Crippen LogP contribution in [0.5, 0.6) is 0 Å². The summed E-state index contributed by atoms with van der Waals surface area (Å²) in [6, 6.07) is 12.4. The standard InChI is InChI=1S/C22H25FN4O/c1-16-4-3-5-21(17(16)2)25-22(28)15-27-10-8-26(9-11-27)14-19-12-18(13-24)6-7-20(19)23/h3-7,12H,8-11,14-15H2,1-2H3,(H,25,28). The molecule has 0 bridgehead atoms. The average Bonchev–Trinajstić information content (AvgIpc) is 2.68. The Hall–Kier alpha value is -2.75. The summed E-state index contributed by atoms with van der Waals surface area (Å²) in [5.41, 5.74) is 4.11. The van der Waals surface area contributed by atoms with E-state index in [0.29, 0.717) is 24.2 Å². The molecule has 2 aromatic rings. The zero-order chi connectivity index (χ0) is 20.1. The summed E-state index contributed by atoms with van der Waals surface area (Å²) in [5, 5.41) is 12.0. The van der Waals surface area contributed by atoms with E-state index in [9.17, 15) is 9.18 Å². The lowest BCUT2D eigenvalue weighted by molar-refractivity contribution is -0.117. The molecule has 1 N–H and O–H groups in total. The number of carbonyl (C=O) groups is 1. The predicted octanol–water partition coefficient (Wildman–Crippen LogP) is 3.07. The number of amides is 1. The number of aryl methyl sites for hydroxylation is 1. The molecule has 146 valence electrons. The molecule has 28 heavy (non-hydrogen) atoms. The van der Waals surface area contributed by atoms with Crippen LogP contribution in [0.4, 0.5) is 10.1 Å². The highest BCUT2D eigenvalue weighted by Gasteiger charge is 2.20. The van der Waals surface area contributed by atoms with Crippen LogP contribution in [-0.4, -0.2) is 48.4 Å². The molecular weight excluding hydrogens is 355 g/mol. The molecule has 0 saturated carbocycles. The number of carbonyl (C=O) groups excluding carboxylic acids is 1. The van der Waals surface area contributed by atoms with Gasteiger partial charge in [-0.2, -0.15) is 5.26 Å². The Labute approximate surface area is 165 Å². The topological polar surface area (TPSA) is 59.4 Å². The summed E-state index contributed by atoms with van der Waals surface area (Å²) in [7, 11) is 0. The van der Waals surface area contributed by atoms with Crippen molar-refractivity contribution in [2.24, 2.45) is 0 Å². The van der Waals surface area contributed by atoms with Gasteiger partial charge in [0, 0.05) is 44.0 Å². The SMILES string of the molecule is Cc1cccc(NC(=O)CN2CCN(Cc3cc(C#N)ccc3F)CC2)c1C. The normalized spacial score (nSPS) is 15.2. The second kappa shape index (κ2) is 8.96. The van der Waals surface area contributed by atoms with Crippen LogP contribution in [-0.2, 0) is 11.3 Å². The van der Waals surface area contributed by atoms with Gasteiger partial charge in [0.2, 0.25) is 5.91 Å². The third kappa shape index (κ3) is 4.94. The summed E-state index contributed by atoms with van der Waals surface area (Å²) < 4.78 is 14.0. The van der Waals surface area contributed by atoms with E-state index >= 15 is 0 Å². The molecule has 0 unspecified atom stereocenters. The lowest BCUT2D eigenvalue weighted by Crippen LogP contribution is -2.48. The molecule has 1 heterocycles. The molecule has 3 rings (SSSR count). The van der Waals surface area contributed by atoms with E-state index in [4.69, 9.17) is 5.26 Å². The van der Waals surface area contributed by atoms with Crippen LogP contribution >= 0.6 is 0 Å². The van der Waals surface area contributed by atoms with Crippen molar-refractivity contribution in [3.8, 4) is 6.07 Å². The second-order valence-electron chi connectivity index (χ2n) is 7.27. The Morgan fingerprint density at radius 1 is 1.14 bits per heavy atom. The number of nitrogens with one attached hydrogen (secondary N) is 1. The van der Waals surface area contributed by atoms with Gasteiger partial charge in [-0.3, -0.25) is 14.6 Å². The van der Waals surface area contributed by atoms with E-state index in [1.807, 2.05) is 38.1 Å². The maximum Gasteiger partial charge on any atom is 0.238 e. The molecular formula is C22H25FN4O. The molecule has 1 aliphatic rings. The van der Waals surface area contributed by atoms with Gasteiger partial charge in [-0.05, 0) is 49.2 Å². The summed E-state index contributed by atoms with van der Waals surface area (Å²) in [6.07, 6.45) is 0. The van der Waals surface area contributed by atoms with Crippen molar-refractivity contribution in [3.05, 3.63) is 64.5 Å². The Morgan fingerprint density at radius 2 is 1.86 bits per heavy atom. The van der Waals surface area contributed by atoms with Crippen molar-refractivity contribution in [2.75, 3.05) is 38.0 Å².